The molecule has 0 radical (unpaired) electrons. The molecule has 1 N–H and O–H groups in total. The molecule has 1 aromatic rings. The fourth-order valence-corrected chi connectivity index (χ4v) is 2.45. The molecule has 1 atom stereocenters. The molecule has 0 aromatic heterocycles. The maximum atomic E-state index is 12.7. The number of rotatable bonds is 4. The molecule has 1 heterocycles. The maximum Gasteiger partial charge on any atom is 0.0912 e. The Bertz CT molecular complexity index is 336. The highest BCUT2D eigenvalue weighted by atomic mass is 35.5. The van der Waals surface area contributed by atoms with Crippen molar-refractivity contribution in [3.8, 4) is 0 Å². The second kappa shape index (κ2) is 7.72. The minimum Gasteiger partial charge on any atom is -0.314 e. The van der Waals surface area contributed by atoms with Crippen LogP contribution in [0.25, 0.3) is 0 Å². The summed E-state index contributed by atoms with van der Waals surface area (Å²) in [4.78, 5) is 2.39. The molecule has 0 amide bonds. The normalized spacial score (nSPS) is 18.1. The van der Waals surface area contributed by atoms with E-state index in [1.807, 2.05) is 0 Å². The van der Waals surface area contributed by atoms with Crippen molar-refractivity contribution in [2.75, 3.05) is 32.9 Å². The Morgan fingerprint density at radius 1 is 1.22 bits per heavy atom. The van der Waals surface area contributed by atoms with Gasteiger partial charge in [-0.1, -0.05) is 29.8 Å². The van der Waals surface area contributed by atoms with Gasteiger partial charge < -0.3 is 5.32 Å². The van der Waals surface area contributed by atoms with Gasteiger partial charge in [-0.2, -0.15) is 0 Å². The van der Waals surface area contributed by atoms with Gasteiger partial charge in [-0.15, -0.1) is 12.4 Å². The lowest BCUT2D eigenvalue weighted by molar-refractivity contribution is 0.157. The molecule has 4 heteroatoms. The van der Waals surface area contributed by atoms with E-state index in [0.717, 1.165) is 26.2 Å². The van der Waals surface area contributed by atoms with Crippen LogP contribution in [0.4, 0.5) is 4.39 Å². The molecule has 0 unspecified atom stereocenters. The SMILES string of the molecule is Cc1ccc([C@H](CCF)N2CCNCC2)cc1.Cl. The fraction of sp³-hybridized carbons (Fsp3) is 0.571. The van der Waals surface area contributed by atoms with E-state index in [0.29, 0.717) is 6.42 Å². The lowest BCUT2D eigenvalue weighted by atomic mass is 10.0. The third-order valence-electron chi connectivity index (χ3n) is 3.44. The van der Waals surface area contributed by atoms with Crippen LogP contribution in [0.5, 0.6) is 0 Å². The predicted molar refractivity (Wildman–Crippen MR) is 76.2 cm³/mol. The van der Waals surface area contributed by atoms with Gasteiger partial charge in [0.1, 0.15) is 0 Å². The van der Waals surface area contributed by atoms with Crippen molar-refractivity contribution in [2.24, 2.45) is 0 Å². The van der Waals surface area contributed by atoms with Gasteiger partial charge in [-0.3, -0.25) is 9.29 Å². The second-order valence-corrected chi connectivity index (χ2v) is 4.69. The van der Waals surface area contributed by atoms with E-state index in [1.54, 1.807) is 0 Å². The number of piperazine rings is 1. The topological polar surface area (TPSA) is 15.3 Å². The van der Waals surface area contributed by atoms with Crippen molar-refractivity contribution in [2.45, 2.75) is 19.4 Å². The number of benzene rings is 1. The fourth-order valence-electron chi connectivity index (χ4n) is 2.45. The molecule has 0 saturated carbocycles. The first-order valence-corrected chi connectivity index (χ1v) is 6.38. The standard InChI is InChI=1S/C14H21FN2.ClH/c1-12-2-4-13(5-3-12)14(6-7-15)17-10-8-16-9-11-17;/h2-5,14,16H,6-11H2,1H3;1H/t14-;/m0./s1. The quantitative estimate of drug-likeness (QED) is 0.907. The molecule has 2 nitrogen and oxygen atoms in total. The Balaban J connectivity index is 0.00000162. The average molecular weight is 273 g/mol. The van der Waals surface area contributed by atoms with Gasteiger partial charge >= 0.3 is 0 Å². The van der Waals surface area contributed by atoms with E-state index in [1.165, 1.54) is 11.1 Å². The van der Waals surface area contributed by atoms with Gasteiger partial charge in [0.25, 0.3) is 0 Å². The zero-order valence-corrected chi connectivity index (χ0v) is 11.7. The minimum atomic E-state index is -0.248. The van der Waals surface area contributed by atoms with E-state index < -0.39 is 0 Å². The van der Waals surface area contributed by atoms with E-state index in [9.17, 15) is 4.39 Å². The van der Waals surface area contributed by atoms with Gasteiger partial charge in [-0.25, -0.2) is 0 Å². The lowest BCUT2D eigenvalue weighted by Gasteiger charge is -2.35. The summed E-state index contributed by atoms with van der Waals surface area (Å²) in [5.74, 6) is 0. The molecule has 18 heavy (non-hydrogen) atoms. The highest BCUT2D eigenvalue weighted by molar-refractivity contribution is 5.85. The number of alkyl halides is 1. The highest BCUT2D eigenvalue weighted by Crippen LogP contribution is 2.25. The Hall–Kier alpha value is -0.640. The van der Waals surface area contributed by atoms with Gasteiger partial charge in [0.15, 0.2) is 0 Å². The zero-order chi connectivity index (χ0) is 12.1. The third-order valence-corrected chi connectivity index (χ3v) is 3.44. The van der Waals surface area contributed by atoms with Gasteiger partial charge in [-0.05, 0) is 18.9 Å². The summed E-state index contributed by atoms with van der Waals surface area (Å²) in [6.07, 6.45) is 0.600. The van der Waals surface area contributed by atoms with E-state index >= 15 is 0 Å². The number of hydrogen-bond acceptors (Lipinski definition) is 2. The van der Waals surface area contributed by atoms with Crippen molar-refractivity contribution >= 4 is 12.4 Å². The minimum absolute atomic E-state index is 0. The van der Waals surface area contributed by atoms with Crippen molar-refractivity contribution < 1.29 is 4.39 Å². The first-order valence-electron chi connectivity index (χ1n) is 6.38. The number of nitrogens with zero attached hydrogens (tertiary/aromatic N) is 1. The van der Waals surface area contributed by atoms with Crippen LogP contribution in [0.3, 0.4) is 0 Å². The van der Waals surface area contributed by atoms with Crippen LogP contribution in [0.1, 0.15) is 23.6 Å². The van der Waals surface area contributed by atoms with Crippen LogP contribution in [-0.2, 0) is 0 Å². The second-order valence-electron chi connectivity index (χ2n) is 4.69. The molecule has 102 valence electrons. The summed E-state index contributed by atoms with van der Waals surface area (Å²) in [6.45, 7) is 5.88. The van der Waals surface area contributed by atoms with E-state index in [2.05, 4.69) is 41.4 Å². The van der Waals surface area contributed by atoms with Crippen molar-refractivity contribution in [3.63, 3.8) is 0 Å². The van der Waals surface area contributed by atoms with Gasteiger partial charge in [0.2, 0.25) is 0 Å². The Labute approximate surface area is 115 Å². The monoisotopic (exact) mass is 272 g/mol. The summed E-state index contributed by atoms with van der Waals surface area (Å²) >= 11 is 0. The lowest BCUT2D eigenvalue weighted by Crippen LogP contribution is -2.45. The molecular weight excluding hydrogens is 251 g/mol. The van der Waals surface area contributed by atoms with E-state index in [4.69, 9.17) is 0 Å². The number of aryl methyl sites for hydroxylation is 1. The molecular formula is C14H22ClFN2. The molecule has 1 aliphatic rings. The molecule has 1 aliphatic heterocycles. The molecule has 0 bridgehead atoms. The Morgan fingerprint density at radius 3 is 2.39 bits per heavy atom. The highest BCUT2D eigenvalue weighted by Gasteiger charge is 2.21. The Kier molecular flexibility index (Phi) is 6.61. The summed E-state index contributed by atoms with van der Waals surface area (Å²) < 4.78 is 12.7. The van der Waals surface area contributed by atoms with Crippen molar-refractivity contribution in [1.82, 2.24) is 10.2 Å². The van der Waals surface area contributed by atoms with Crippen LogP contribution in [0.15, 0.2) is 24.3 Å². The summed E-state index contributed by atoms with van der Waals surface area (Å²) in [5, 5.41) is 3.34. The number of halogens is 2. The molecule has 1 fully saturated rings. The molecule has 2 rings (SSSR count). The van der Waals surface area contributed by atoms with Crippen LogP contribution in [-0.4, -0.2) is 37.8 Å². The zero-order valence-electron chi connectivity index (χ0n) is 10.9. The molecule has 0 spiro atoms. The van der Waals surface area contributed by atoms with Crippen LogP contribution in [0, 0.1) is 6.92 Å². The Morgan fingerprint density at radius 2 is 1.83 bits per heavy atom. The molecule has 0 aliphatic carbocycles. The first-order chi connectivity index (χ1) is 8.31. The average Bonchev–Trinajstić information content (AvgIpc) is 2.38. The third kappa shape index (κ3) is 3.94. The van der Waals surface area contributed by atoms with Crippen LogP contribution in [0.2, 0.25) is 0 Å². The van der Waals surface area contributed by atoms with Gasteiger partial charge in [0, 0.05) is 32.2 Å². The largest absolute Gasteiger partial charge is 0.314 e. The predicted octanol–water partition coefficient (Wildman–Crippen LogP) is 2.72. The summed E-state index contributed by atoms with van der Waals surface area (Å²) in [5.41, 5.74) is 2.50. The molecule has 1 aromatic carbocycles. The smallest absolute Gasteiger partial charge is 0.0912 e. The summed E-state index contributed by atoms with van der Waals surface area (Å²) in [7, 11) is 0. The van der Waals surface area contributed by atoms with Crippen LogP contribution < -0.4 is 5.32 Å². The van der Waals surface area contributed by atoms with E-state index in [-0.39, 0.29) is 25.1 Å². The molecule has 1 saturated heterocycles. The van der Waals surface area contributed by atoms with Crippen LogP contribution >= 0.6 is 12.4 Å². The number of nitrogens with one attached hydrogen (secondary N) is 1. The summed E-state index contributed by atoms with van der Waals surface area (Å²) in [6, 6.07) is 8.74. The van der Waals surface area contributed by atoms with Crippen molar-refractivity contribution in [3.05, 3.63) is 35.4 Å². The number of hydrogen-bond donors (Lipinski definition) is 1. The van der Waals surface area contributed by atoms with Crippen molar-refractivity contribution in [1.29, 1.82) is 0 Å². The maximum absolute atomic E-state index is 12.7. The first kappa shape index (κ1) is 15.4. The van der Waals surface area contributed by atoms with Gasteiger partial charge in [0.05, 0.1) is 6.67 Å².